The van der Waals surface area contributed by atoms with Gasteiger partial charge in [-0.1, -0.05) is 12.5 Å². The van der Waals surface area contributed by atoms with Gasteiger partial charge in [0.25, 0.3) is 0 Å². The first-order chi connectivity index (χ1) is 8.75. The Bertz CT molecular complexity index is 393. The minimum Gasteiger partial charge on any atom is -0.309 e. The molecule has 4 heteroatoms. The maximum absolute atomic E-state index is 6.41. The Kier molecular flexibility index (Phi) is 3.24. The monoisotopic (exact) mass is 246 g/mol. The molecule has 1 atom stereocenters. The van der Waals surface area contributed by atoms with Crippen molar-refractivity contribution in [3.05, 3.63) is 36.2 Å². The number of hydrogen-bond acceptors (Lipinski definition) is 4. The molecule has 18 heavy (non-hydrogen) atoms. The van der Waals surface area contributed by atoms with Crippen LogP contribution in [0.5, 0.6) is 0 Å². The van der Waals surface area contributed by atoms with Crippen molar-refractivity contribution in [2.45, 2.75) is 31.3 Å². The average Bonchev–Trinajstić information content (AvgIpc) is 2.74. The fourth-order valence-corrected chi connectivity index (χ4v) is 2.85. The van der Waals surface area contributed by atoms with Gasteiger partial charge in [0.05, 0.1) is 5.70 Å². The highest BCUT2D eigenvalue weighted by Gasteiger charge is 2.32. The third kappa shape index (κ3) is 2.51. The Labute approximate surface area is 109 Å². The van der Waals surface area contributed by atoms with E-state index in [-0.39, 0.29) is 0 Å². The molecule has 1 unspecified atom stereocenters. The van der Waals surface area contributed by atoms with Crippen LogP contribution in [0.25, 0.3) is 0 Å². The highest BCUT2D eigenvalue weighted by molar-refractivity contribution is 5.33. The number of nitrogens with two attached hydrogens (primary N) is 1. The lowest BCUT2D eigenvalue weighted by Crippen LogP contribution is -2.54. The van der Waals surface area contributed by atoms with Crippen LogP contribution in [0.1, 0.15) is 25.7 Å². The molecule has 1 fully saturated rings. The zero-order valence-electron chi connectivity index (χ0n) is 10.8. The summed E-state index contributed by atoms with van der Waals surface area (Å²) in [5.74, 6) is 0. The number of nitrogens with one attached hydrogen (secondary N) is 1. The fraction of sp³-hybridized carbons (Fsp3) is 0.571. The Balaban J connectivity index is 1.57. The Morgan fingerprint density at radius 1 is 1.22 bits per heavy atom. The predicted octanol–water partition coefficient (Wildman–Crippen LogP) is 1.30. The van der Waals surface area contributed by atoms with Crippen molar-refractivity contribution in [1.29, 1.82) is 0 Å². The van der Waals surface area contributed by atoms with Crippen LogP contribution in [0.15, 0.2) is 36.2 Å². The van der Waals surface area contributed by atoms with E-state index in [2.05, 4.69) is 22.5 Å². The minimum atomic E-state index is -0.397. The predicted molar refractivity (Wildman–Crippen MR) is 73.2 cm³/mol. The normalized spacial score (nSPS) is 31.6. The molecule has 0 aliphatic carbocycles. The first kappa shape index (κ1) is 12.0. The number of nitrogens with zero attached hydrogens (tertiary/aromatic N) is 2. The van der Waals surface area contributed by atoms with Gasteiger partial charge in [-0.05, 0) is 50.6 Å². The van der Waals surface area contributed by atoms with Crippen LogP contribution >= 0.6 is 0 Å². The standard InChI is InChI=1S/C14H22N4/c15-14(7-11-17-8-3-1-4-9-17)12-13-6-2-5-10-18(13)16-14/h2,5-6,10,12,16H,1,3-4,7-9,11,15H2. The van der Waals surface area contributed by atoms with E-state index < -0.39 is 5.66 Å². The van der Waals surface area contributed by atoms with E-state index in [1.165, 1.54) is 32.4 Å². The summed E-state index contributed by atoms with van der Waals surface area (Å²) in [6.07, 6.45) is 15.3. The first-order valence-electron chi connectivity index (χ1n) is 6.91. The molecule has 3 heterocycles. The van der Waals surface area contributed by atoms with Gasteiger partial charge in [-0.2, -0.15) is 0 Å². The summed E-state index contributed by atoms with van der Waals surface area (Å²) in [5, 5.41) is 2.01. The van der Waals surface area contributed by atoms with Gasteiger partial charge in [0, 0.05) is 12.7 Å². The van der Waals surface area contributed by atoms with E-state index in [9.17, 15) is 0 Å². The van der Waals surface area contributed by atoms with Crippen molar-refractivity contribution in [2.24, 2.45) is 5.73 Å². The SMILES string of the molecule is NC1(CCN2CCCCC2)C=C2C=CC=CN2N1. The summed E-state index contributed by atoms with van der Waals surface area (Å²) in [7, 11) is 0. The zero-order chi connectivity index (χ0) is 12.4. The van der Waals surface area contributed by atoms with E-state index in [1.807, 2.05) is 23.4 Å². The topological polar surface area (TPSA) is 44.5 Å². The molecular weight excluding hydrogens is 224 g/mol. The summed E-state index contributed by atoms with van der Waals surface area (Å²) in [5.41, 5.74) is 10.5. The number of rotatable bonds is 3. The van der Waals surface area contributed by atoms with Gasteiger partial charge in [-0.3, -0.25) is 5.01 Å². The second-order valence-electron chi connectivity index (χ2n) is 5.44. The van der Waals surface area contributed by atoms with E-state index in [4.69, 9.17) is 5.73 Å². The van der Waals surface area contributed by atoms with Gasteiger partial charge in [0.2, 0.25) is 0 Å². The third-order valence-corrected chi connectivity index (χ3v) is 3.92. The average molecular weight is 246 g/mol. The molecular formula is C14H22N4. The zero-order valence-corrected chi connectivity index (χ0v) is 10.8. The molecule has 0 radical (unpaired) electrons. The molecule has 3 rings (SSSR count). The molecule has 3 N–H and O–H groups in total. The summed E-state index contributed by atoms with van der Waals surface area (Å²) in [4.78, 5) is 2.53. The van der Waals surface area contributed by atoms with Crippen LogP contribution in [0, 0.1) is 0 Å². The van der Waals surface area contributed by atoms with Gasteiger partial charge in [0.15, 0.2) is 0 Å². The van der Waals surface area contributed by atoms with Crippen molar-refractivity contribution >= 4 is 0 Å². The molecule has 0 spiro atoms. The van der Waals surface area contributed by atoms with E-state index in [0.717, 1.165) is 18.7 Å². The van der Waals surface area contributed by atoms with Crippen LogP contribution in [0.4, 0.5) is 0 Å². The van der Waals surface area contributed by atoms with Gasteiger partial charge in [0.1, 0.15) is 5.66 Å². The number of hydrazine groups is 1. The van der Waals surface area contributed by atoms with Crippen molar-refractivity contribution < 1.29 is 0 Å². The van der Waals surface area contributed by atoms with Crippen molar-refractivity contribution in [1.82, 2.24) is 15.3 Å². The number of fused-ring (bicyclic) bond motifs is 1. The van der Waals surface area contributed by atoms with Crippen LogP contribution in [-0.2, 0) is 0 Å². The minimum absolute atomic E-state index is 0.397. The number of piperidine rings is 1. The van der Waals surface area contributed by atoms with E-state index in [0.29, 0.717) is 0 Å². The largest absolute Gasteiger partial charge is 0.309 e. The van der Waals surface area contributed by atoms with E-state index >= 15 is 0 Å². The highest BCUT2D eigenvalue weighted by atomic mass is 15.6. The highest BCUT2D eigenvalue weighted by Crippen LogP contribution is 2.24. The summed E-state index contributed by atoms with van der Waals surface area (Å²) < 4.78 is 0. The molecule has 3 aliphatic rings. The molecule has 0 bridgehead atoms. The van der Waals surface area contributed by atoms with Crippen molar-refractivity contribution in [2.75, 3.05) is 19.6 Å². The molecule has 1 saturated heterocycles. The molecule has 3 aliphatic heterocycles. The Morgan fingerprint density at radius 3 is 2.83 bits per heavy atom. The molecule has 0 saturated carbocycles. The van der Waals surface area contributed by atoms with Crippen molar-refractivity contribution in [3.8, 4) is 0 Å². The summed E-state index contributed by atoms with van der Waals surface area (Å²) >= 11 is 0. The fourth-order valence-electron chi connectivity index (χ4n) is 2.85. The van der Waals surface area contributed by atoms with Crippen LogP contribution in [-0.4, -0.2) is 35.2 Å². The smallest absolute Gasteiger partial charge is 0.107 e. The lowest BCUT2D eigenvalue weighted by Gasteiger charge is -2.31. The molecule has 4 nitrogen and oxygen atoms in total. The molecule has 0 aromatic rings. The molecule has 0 aromatic heterocycles. The van der Waals surface area contributed by atoms with E-state index in [1.54, 1.807) is 0 Å². The van der Waals surface area contributed by atoms with Gasteiger partial charge >= 0.3 is 0 Å². The van der Waals surface area contributed by atoms with Gasteiger partial charge in [-0.15, -0.1) is 0 Å². The maximum Gasteiger partial charge on any atom is 0.107 e. The number of hydrogen-bond donors (Lipinski definition) is 2. The lowest BCUT2D eigenvalue weighted by atomic mass is 10.1. The Morgan fingerprint density at radius 2 is 2.06 bits per heavy atom. The Hall–Kier alpha value is -1.10. The summed E-state index contributed by atoms with van der Waals surface area (Å²) in [6, 6.07) is 0. The molecule has 0 aromatic carbocycles. The number of likely N-dealkylation sites (tertiary alicyclic amines) is 1. The second-order valence-corrected chi connectivity index (χ2v) is 5.44. The van der Waals surface area contributed by atoms with Crippen LogP contribution in [0.3, 0.4) is 0 Å². The summed E-state index contributed by atoms with van der Waals surface area (Å²) in [6.45, 7) is 3.54. The number of allylic oxidation sites excluding steroid dienone is 3. The molecule has 0 amide bonds. The molecule has 98 valence electrons. The van der Waals surface area contributed by atoms with Gasteiger partial charge in [-0.25, -0.2) is 5.43 Å². The quantitative estimate of drug-likeness (QED) is 0.788. The van der Waals surface area contributed by atoms with Crippen LogP contribution < -0.4 is 11.2 Å². The first-order valence-corrected chi connectivity index (χ1v) is 6.91. The third-order valence-electron chi connectivity index (χ3n) is 3.92. The van der Waals surface area contributed by atoms with Crippen molar-refractivity contribution in [3.63, 3.8) is 0 Å². The van der Waals surface area contributed by atoms with Crippen LogP contribution in [0.2, 0.25) is 0 Å². The second kappa shape index (κ2) is 4.88. The lowest BCUT2D eigenvalue weighted by molar-refractivity contribution is 0.187. The maximum atomic E-state index is 6.41. The van der Waals surface area contributed by atoms with Gasteiger partial charge < -0.3 is 10.6 Å².